The van der Waals surface area contributed by atoms with E-state index in [9.17, 15) is 13.2 Å². The van der Waals surface area contributed by atoms with E-state index in [0.717, 1.165) is 31.2 Å². The molecule has 0 atom stereocenters. The zero-order chi connectivity index (χ0) is 23.8. The lowest BCUT2D eigenvalue weighted by atomic mass is 10.1. The number of para-hydroxylation sites is 1. The van der Waals surface area contributed by atoms with Gasteiger partial charge in [0.2, 0.25) is 15.9 Å². The molecule has 0 N–H and O–H groups in total. The van der Waals surface area contributed by atoms with Crippen molar-refractivity contribution in [1.82, 2.24) is 14.2 Å². The van der Waals surface area contributed by atoms with Crippen LogP contribution in [0.4, 0.5) is 0 Å². The third kappa shape index (κ3) is 6.39. The van der Waals surface area contributed by atoms with E-state index in [1.165, 1.54) is 18.0 Å². The number of carbonyl (C=O) groups is 1. The highest BCUT2D eigenvalue weighted by atomic mass is 32.2. The van der Waals surface area contributed by atoms with E-state index >= 15 is 0 Å². The summed E-state index contributed by atoms with van der Waals surface area (Å²) in [5.41, 5.74) is 0.846. The summed E-state index contributed by atoms with van der Waals surface area (Å²) in [6.45, 7) is 1.48. The van der Waals surface area contributed by atoms with Gasteiger partial charge in [0, 0.05) is 38.4 Å². The van der Waals surface area contributed by atoms with Crippen LogP contribution in [-0.2, 0) is 21.4 Å². The van der Waals surface area contributed by atoms with E-state index in [2.05, 4.69) is 4.98 Å². The molecule has 1 aromatic carbocycles. The molecule has 1 fully saturated rings. The molecule has 2 heterocycles. The highest BCUT2D eigenvalue weighted by Gasteiger charge is 2.25. The van der Waals surface area contributed by atoms with Gasteiger partial charge in [0.15, 0.2) is 11.5 Å². The van der Waals surface area contributed by atoms with Crippen LogP contribution >= 0.6 is 11.8 Å². The van der Waals surface area contributed by atoms with Gasteiger partial charge in [-0.15, -0.1) is 0 Å². The van der Waals surface area contributed by atoms with Crippen molar-refractivity contribution in [2.24, 2.45) is 0 Å². The maximum Gasteiger partial charge on any atom is 0.244 e. The van der Waals surface area contributed by atoms with Crippen LogP contribution in [-0.4, -0.2) is 68.6 Å². The van der Waals surface area contributed by atoms with Crippen LogP contribution in [0.5, 0.6) is 11.5 Å². The first-order valence-corrected chi connectivity index (χ1v) is 13.3. The van der Waals surface area contributed by atoms with Crippen LogP contribution < -0.4 is 9.47 Å². The lowest BCUT2D eigenvalue weighted by molar-refractivity contribution is -0.127. The second-order valence-electron chi connectivity index (χ2n) is 7.84. The standard InChI is InChI=1S/C23H31N3O5S2/c1-25(16-18-9-8-10-20(30-2)23(18)31-3)22(27)17-32-21-12-11-19(15-24-21)33(28,29)26-13-6-4-5-7-14-26/h8-12,15H,4-7,13-14,16-17H2,1-3H3. The van der Waals surface area contributed by atoms with E-state index in [-0.39, 0.29) is 16.6 Å². The summed E-state index contributed by atoms with van der Waals surface area (Å²) in [4.78, 5) is 18.7. The van der Waals surface area contributed by atoms with Crippen molar-refractivity contribution in [3.8, 4) is 11.5 Å². The van der Waals surface area contributed by atoms with Gasteiger partial charge < -0.3 is 14.4 Å². The number of ether oxygens (including phenoxy) is 2. The molecule has 0 saturated carbocycles. The molecule has 0 bridgehead atoms. The Labute approximate surface area is 200 Å². The first-order valence-electron chi connectivity index (χ1n) is 10.9. The molecule has 10 heteroatoms. The molecule has 1 aromatic heterocycles. The largest absolute Gasteiger partial charge is 0.493 e. The lowest BCUT2D eigenvalue weighted by Crippen LogP contribution is -2.32. The number of carbonyl (C=O) groups excluding carboxylic acids is 1. The summed E-state index contributed by atoms with van der Waals surface area (Å²) in [6, 6.07) is 8.79. The molecule has 1 aliphatic heterocycles. The third-order valence-corrected chi connectivity index (χ3v) is 8.38. The van der Waals surface area contributed by atoms with Crippen LogP contribution in [0.15, 0.2) is 46.5 Å². The van der Waals surface area contributed by atoms with Crippen molar-refractivity contribution in [2.45, 2.75) is 42.1 Å². The normalized spacial score (nSPS) is 15.0. The number of benzene rings is 1. The van der Waals surface area contributed by atoms with Gasteiger partial charge in [-0.1, -0.05) is 36.7 Å². The van der Waals surface area contributed by atoms with Crippen molar-refractivity contribution >= 4 is 27.7 Å². The number of amides is 1. The van der Waals surface area contributed by atoms with E-state index in [0.29, 0.717) is 36.2 Å². The summed E-state index contributed by atoms with van der Waals surface area (Å²) < 4.78 is 38.1. The van der Waals surface area contributed by atoms with Crippen molar-refractivity contribution in [1.29, 1.82) is 0 Å². The topological polar surface area (TPSA) is 89.0 Å². The minimum atomic E-state index is -3.53. The van der Waals surface area contributed by atoms with E-state index < -0.39 is 10.0 Å². The van der Waals surface area contributed by atoms with E-state index in [1.54, 1.807) is 42.6 Å². The number of sulfonamides is 1. The minimum Gasteiger partial charge on any atom is -0.493 e. The van der Waals surface area contributed by atoms with Gasteiger partial charge in [-0.3, -0.25) is 4.79 Å². The van der Waals surface area contributed by atoms with Gasteiger partial charge >= 0.3 is 0 Å². The first-order chi connectivity index (χ1) is 15.9. The quantitative estimate of drug-likeness (QED) is 0.495. The summed E-state index contributed by atoms with van der Waals surface area (Å²) in [5.74, 6) is 1.33. The van der Waals surface area contributed by atoms with Gasteiger partial charge in [0.05, 0.1) is 25.0 Å². The highest BCUT2D eigenvalue weighted by Crippen LogP contribution is 2.31. The molecule has 1 saturated heterocycles. The molecule has 0 unspecified atom stereocenters. The average molecular weight is 494 g/mol. The fourth-order valence-corrected chi connectivity index (χ4v) is 5.95. The molecule has 1 aliphatic rings. The van der Waals surface area contributed by atoms with Crippen LogP contribution in [0.2, 0.25) is 0 Å². The van der Waals surface area contributed by atoms with Crippen molar-refractivity contribution < 1.29 is 22.7 Å². The smallest absolute Gasteiger partial charge is 0.244 e. The molecule has 0 spiro atoms. The number of hydrogen-bond donors (Lipinski definition) is 0. The van der Waals surface area contributed by atoms with Crippen LogP contribution in [0.25, 0.3) is 0 Å². The molecule has 0 aliphatic carbocycles. The number of nitrogens with zero attached hydrogens (tertiary/aromatic N) is 3. The Kier molecular flexibility index (Phi) is 8.99. The monoisotopic (exact) mass is 493 g/mol. The molecule has 1 amide bonds. The van der Waals surface area contributed by atoms with Crippen LogP contribution in [0.1, 0.15) is 31.2 Å². The summed E-state index contributed by atoms with van der Waals surface area (Å²) in [6.07, 6.45) is 5.29. The Balaban J connectivity index is 1.58. The van der Waals surface area contributed by atoms with Gasteiger partial charge in [-0.25, -0.2) is 13.4 Å². The van der Waals surface area contributed by atoms with E-state index in [4.69, 9.17) is 9.47 Å². The molecule has 33 heavy (non-hydrogen) atoms. The third-order valence-electron chi connectivity index (χ3n) is 5.57. The Morgan fingerprint density at radius 1 is 1.09 bits per heavy atom. The fraction of sp³-hybridized carbons (Fsp3) is 0.478. The minimum absolute atomic E-state index is 0.0760. The highest BCUT2D eigenvalue weighted by molar-refractivity contribution is 7.99. The van der Waals surface area contributed by atoms with E-state index in [1.807, 2.05) is 18.2 Å². The van der Waals surface area contributed by atoms with Gasteiger partial charge in [-0.05, 0) is 31.0 Å². The van der Waals surface area contributed by atoms with Crippen molar-refractivity contribution in [3.63, 3.8) is 0 Å². The van der Waals surface area contributed by atoms with Crippen molar-refractivity contribution in [3.05, 3.63) is 42.1 Å². The number of aromatic nitrogens is 1. The summed E-state index contributed by atoms with van der Waals surface area (Å²) in [5, 5.41) is 0.602. The average Bonchev–Trinajstić information content (AvgIpc) is 3.13. The number of pyridine rings is 1. The molecule has 8 nitrogen and oxygen atoms in total. The van der Waals surface area contributed by atoms with Gasteiger partial charge in [0.1, 0.15) is 4.90 Å². The number of methoxy groups -OCH3 is 2. The molecular formula is C23H31N3O5S2. The maximum atomic E-state index is 12.9. The van der Waals surface area contributed by atoms with Gasteiger partial charge in [0.25, 0.3) is 0 Å². The zero-order valence-electron chi connectivity index (χ0n) is 19.3. The second kappa shape index (κ2) is 11.7. The molecule has 180 valence electrons. The maximum absolute atomic E-state index is 12.9. The Bertz CT molecular complexity index is 1040. The zero-order valence-corrected chi connectivity index (χ0v) is 21.0. The van der Waals surface area contributed by atoms with Crippen LogP contribution in [0.3, 0.4) is 0 Å². The molecule has 3 rings (SSSR count). The molecule has 2 aromatic rings. The summed E-state index contributed by atoms with van der Waals surface area (Å²) >= 11 is 1.28. The Morgan fingerprint density at radius 3 is 2.42 bits per heavy atom. The fourth-order valence-electron chi connectivity index (χ4n) is 3.70. The number of rotatable bonds is 9. The predicted octanol–water partition coefficient (Wildman–Crippen LogP) is 3.41. The second-order valence-corrected chi connectivity index (χ2v) is 10.8. The SMILES string of the molecule is COc1cccc(CN(C)C(=O)CSc2ccc(S(=O)(=O)N3CCCCCC3)cn2)c1OC. The molecule has 0 radical (unpaired) electrons. The van der Waals surface area contributed by atoms with Gasteiger partial charge in [-0.2, -0.15) is 4.31 Å². The number of hydrogen-bond acceptors (Lipinski definition) is 7. The predicted molar refractivity (Wildman–Crippen MR) is 128 cm³/mol. The molecular weight excluding hydrogens is 462 g/mol. The number of thioether (sulfide) groups is 1. The lowest BCUT2D eigenvalue weighted by Gasteiger charge is -2.20. The van der Waals surface area contributed by atoms with Crippen LogP contribution in [0, 0.1) is 0 Å². The van der Waals surface area contributed by atoms with Crippen molar-refractivity contribution in [2.75, 3.05) is 40.1 Å². The summed E-state index contributed by atoms with van der Waals surface area (Å²) in [7, 11) is 1.34. The Morgan fingerprint density at radius 2 is 1.82 bits per heavy atom. The first kappa shape index (κ1) is 25.3. The Hall–Kier alpha value is -2.30.